The highest BCUT2D eigenvalue weighted by atomic mass is 79.9. The van der Waals surface area contributed by atoms with Crippen molar-refractivity contribution in [2.45, 2.75) is 25.2 Å². The zero-order valence-corrected chi connectivity index (χ0v) is 15.4. The number of alkyl halides is 1. The fraction of sp³-hybridized carbons (Fsp3) is 0.333. The van der Waals surface area contributed by atoms with Gasteiger partial charge >= 0.3 is 0 Å². The molecular weight excluding hydrogens is 392 g/mol. The molecule has 2 rings (SSSR count). The molecule has 0 saturated heterocycles. The summed E-state index contributed by atoms with van der Waals surface area (Å²) in [6.45, 7) is 2.96. The fourth-order valence-electron chi connectivity index (χ4n) is 2.45. The maximum absolute atomic E-state index is 5.90. The van der Waals surface area contributed by atoms with Gasteiger partial charge in [-0.1, -0.05) is 69.1 Å². The van der Waals surface area contributed by atoms with E-state index in [-0.39, 0.29) is 5.41 Å². The van der Waals surface area contributed by atoms with Crippen LogP contribution >= 0.6 is 31.9 Å². The van der Waals surface area contributed by atoms with E-state index >= 15 is 0 Å². The van der Waals surface area contributed by atoms with E-state index in [1.807, 2.05) is 24.3 Å². The van der Waals surface area contributed by atoms with Gasteiger partial charge in [0, 0.05) is 15.2 Å². The molecule has 1 nitrogen and oxygen atoms in total. The molecule has 21 heavy (non-hydrogen) atoms. The molecule has 0 amide bonds. The summed E-state index contributed by atoms with van der Waals surface area (Å²) in [5.41, 5.74) is 1.51. The van der Waals surface area contributed by atoms with Crippen molar-refractivity contribution in [1.29, 1.82) is 0 Å². The molecule has 3 heteroatoms. The minimum absolute atomic E-state index is 0.136. The smallest absolute Gasteiger partial charge is 0.119 e. The highest BCUT2D eigenvalue weighted by molar-refractivity contribution is 9.10. The van der Waals surface area contributed by atoms with Gasteiger partial charge in [0.15, 0.2) is 0 Å². The number of hydrogen-bond donors (Lipinski definition) is 0. The summed E-state index contributed by atoms with van der Waals surface area (Å²) in [6.07, 6.45) is 2.08. The first-order valence-corrected chi connectivity index (χ1v) is 9.11. The third-order valence-electron chi connectivity index (χ3n) is 3.98. The van der Waals surface area contributed by atoms with Gasteiger partial charge in [0.05, 0.1) is 6.61 Å². The second kappa shape index (κ2) is 8.00. The minimum Gasteiger partial charge on any atom is -0.494 e. The van der Waals surface area contributed by atoms with Crippen LogP contribution in [0.2, 0.25) is 0 Å². The predicted molar refractivity (Wildman–Crippen MR) is 96.5 cm³/mol. The van der Waals surface area contributed by atoms with Crippen LogP contribution in [-0.2, 0) is 5.41 Å². The van der Waals surface area contributed by atoms with Crippen molar-refractivity contribution in [1.82, 2.24) is 0 Å². The lowest BCUT2D eigenvalue weighted by molar-refractivity contribution is 0.263. The van der Waals surface area contributed by atoms with E-state index in [0.29, 0.717) is 0 Å². The van der Waals surface area contributed by atoms with Crippen LogP contribution in [0.3, 0.4) is 0 Å². The average molecular weight is 412 g/mol. The summed E-state index contributed by atoms with van der Waals surface area (Å²) in [5.74, 6) is 0.922. The van der Waals surface area contributed by atoms with Gasteiger partial charge in [-0.05, 0) is 42.7 Å². The molecule has 0 heterocycles. The standard InChI is InChI=1S/C18H20Br2O/c1-2-18(14-19,15-6-4-3-5-7-15)12-13-21-17-10-8-16(20)9-11-17/h3-11H,2,12-14H2,1H3. The quantitative estimate of drug-likeness (QED) is 0.510. The van der Waals surface area contributed by atoms with Gasteiger partial charge < -0.3 is 4.74 Å². The number of hydrogen-bond acceptors (Lipinski definition) is 1. The van der Waals surface area contributed by atoms with E-state index in [1.165, 1.54) is 5.56 Å². The Kier molecular flexibility index (Phi) is 6.31. The Morgan fingerprint density at radius 1 is 1.00 bits per heavy atom. The molecule has 0 fully saturated rings. The molecule has 0 spiro atoms. The molecule has 0 N–H and O–H groups in total. The van der Waals surface area contributed by atoms with Crippen LogP contribution in [-0.4, -0.2) is 11.9 Å². The Morgan fingerprint density at radius 3 is 2.24 bits per heavy atom. The van der Waals surface area contributed by atoms with Gasteiger partial charge in [-0.15, -0.1) is 0 Å². The van der Waals surface area contributed by atoms with Crippen molar-refractivity contribution < 1.29 is 4.74 Å². The third-order valence-corrected chi connectivity index (χ3v) is 5.58. The first-order valence-electron chi connectivity index (χ1n) is 7.20. The van der Waals surface area contributed by atoms with Crippen molar-refractivity contribution >= 4 is 31.9 Å². The molecule has 0 radical (unpaired) electrons. The lowest BCUT2D eigenvalue weighted by atomic mass is 9.77. The summed E-state index contributed by atoms with van der Waals surface area (Å²) in [4.78, 5) is 0. The van der Waals surface area contributed by atoms with E-state index < -0.39 is 0 Å². The van der Waals surface area contributed by atoms with Gasteiger partial charge in [-0.25, -0.2) is 0 Å². The zero-order chi connectivity index (χ0) is 15.1. The Hall–Kier alpha value is -0.800. The molecule has 0 bridgehead atoms. The lowest BCUT2D eigenvalue weighted by Gasteiger charge is -2.31. The SMILES string of the molecule is CCC(CBr)(CCOc1ccc(Br)cc1)c1ccccc1. The summed E-state index contributed by atoms with van der Waals surface area (Å²) in [7, 11) is 0. The van der Waals surface area contributed by atoms with Gasteiger partial charge in [0.2, 0.25) is 0 Å². The van der Waals surface area contributed by atoms with Crippen molar-refractivity contribution in [3.8, 4) is 5.75 Å². The molecule has 0 aliphatic carbocycles. The topological polar surface area (TPSA) is 9.23 Å². The van der Waals surface area contributed by atoms with Crippen LogP contribution in [0.15, 0.2) is 59.1 Å². The molecule has 112 valence electrons. The molecule has 0 aliphatic heterocycles. The van der Waals surface area contributed by atoms with E-state index in [9.17, 15) is 0 Å². The van der Waals surface area contributed by atoms with Crippen LogP contribution < -0.4 is 4.74 Å². The molecule has 2 aromatic rings. The van der Waals surface area contributed by atoms with Gasteiger partial charge in [-0.2, -0.15) is 0 Å². The first-order chi connectivity index (χ1) is 10.2. The Bertz CT molecular complexity index is 533. The number of rotatable bonds is 7. The van der Waals surface area contributed by atoms with Gasteiger partial charge in [-0.3, -0.25) is 0 Å². The van der Waals surface area contributed by atoms with Crippen LogP contribution in [0.4, 0.5) is 0 Å². The second-order valence-corrected chi connectivity index (χ2v) is 6.66. The van der Waals surface area contributed by atoms with Gasteiger partial charge in [0.25, 0.3) is 0 Å². The third kappa shape index (κ3) is 4.33. The van der Waals surface area contributed by atoms with Crippen LogP contribution in [0.1, 0.15) is 25.3 Å². The summed E-state index contributed by atoms with van der Waals surface area (Å²) in [5, 5.41) is 0.949. The molecule has 2 aromatic carbocycles. The van der Waals surface area contributed by atoms with E-state index in [0.717, 1.165) is 35.0 Å². The average Bonchev–Trinajstić information content (AvgIpc) is 2.55. The van der Waals surface area contributed by atoms with Crippen LogP contribution in [0, 0.1) is 0 Å². The van der Waals surface area contributed by atoms with E-state index in [1.54, 1.807) is 0 Å². The Balaban J connectivity index is 2.02. The molecule has 1 unspecified atom stereocenters. The fourth-order valence-corrected chi connectivity index (χ4v) is 3.72. The number of benzene rings is 2. The summed E-state index contributed by atoms with van der Waals surface area (Å²) < 4.78 is 6.97. The van der Waals surface area contributed by atoms with E-state index in [4.69, 9.17) is 4.74 Å². The van der Waals surface area contributed by atoms with Crippen molar-refractivity contribution in [2.75, 3.05) is 11.9 Å². The number of halogens is 2. The zero-order valence-electron chi connectivity index (χ0n) is 12.2. The predicted octanol–water partition coefficient (Wildman–Crippen LogP) is 5.96. The summed E-state index contributed by atoms with van der Waals surface area (Å²) >= 11 is 7.14. The highest BCUT2D eigenvalue weighted by Gasteiger charge is 2.28. The molecule has 0 aromatic heterocycles. The highest BCUT2D eigenvalue weighted by Crippen LogP contribution is 2.34. The molecule has 1 atom stereocenters. The van der Waals surface area contributed by atoms with E-state index in [2.05, 4.69) is 69.1 Å². The van der Waals surface area contributed by atoms with Crippen molar-refractivity contribution in [3.05, 3.63) is 64.6 Å². The largest absolute Gasteiger partial charge is 0.494 e. The lowest BCUT2D eigenvalue weighted by Crippen LogP contribution is -2.29. The van der Waals surface area contributed by atoms with Crippen molar-refractivity contribution in [3.63, 3.8) is 0 Å². The molecule has 0 aliphatic rings. The van der Waals surface area contributed by atoms with Crippen LogP contribution in [0.5, 0.6) is 5.75 Å². The number of ether oxygens (including phenoxy) is 1. The van der Waals surface area contributed by atoms with Gasteiger partial charge in [0.1, 0.15) is 5.75 Å². The normalized spacial score (nSPS) is 13.7. The Labute approximate surface area is 144 Å². The molecule has 0 saturated carbocycles. The Morgan fingerprint density at radius 2 is 1.67 bits per heavy atom. The minimum atomic E-state index is 0.136. The summed E-state index contributed by atoms with van der Waals surface area (Å²) in [6, 6.07) is 18.7. The molecular formula is C18H20Br2O. The first kappa shape index (κ1) is 16.6. The van der Waals surface area contributed by atoms with Crippen LogP contribution in [0.25, 0.3) is 0 Å². The second-order valence-electron chi connectivity index (χ2n) is 5.19. The van der Waals surface area contributed by atoms with Crippen molar-refractivity contribution in [2.24, 2.45) is 0 Å². The maximum atomic E-state index is 5.90. The monoisotopic (exact) mass is 410 g/mol. The maximum Gasteiger partial charge on any atom is 0.119 e.